The van der Waals surface area contributed by atoms with Crippen molar-refractivity contribution in [3.8, 4) is 0 Å². The average molecular weight is 473 g/mol. The van der Waals surface area contributed by atoms with E-state index in [1.807, 2.05) is 0 Å². The van der Waals surface area contributed by atoms with Gasteiger partial charge in [-0.15, -0.1) is 37.2 Å². The van der Waals surface area contributed by atoms with Gasteiger partial charge in [-0.05, 0) is 56.5 Å². The minimum Gasteiger partial charge on any atom is -0.457 e. The molecule has 0 unspecified atom stereocenters. The fraction of sp³-hybridized carbons (Fsp3) is 0.391. The molecule has 166 valence electrons. The van der Waals surface area contributed by atoms with E-state index in [0.29, 0.717) is 0 Å². The average Bonchev–Trinajstić information content (AvgIpc) is 3.02. The van der Waals surface area contributed by atoms with Crippen LogP contribution in [0, 0.1) is 27.7 Å². The van der Waals surface area contributed by atoms with Crippen molar-refractivity contribution in [3.05, 3.63) is 58.3 Å². The first-order chi connectivity index (χ1) is 13.0. The summed E-state index contributed by atoms with van der Waals surface area (Å²) in [5.41, 5.74) is 14.3. The van der Waals surface area contributed by atoms with E-state index in [2.05, 4.69) is 67.8 Å². The van der Waals surface area contributed by atoms with E-state index in [9.17, 15) is 0 Å². The molecule has 2 aromatic carbocycles. The molecule has 0 spiro atoms. The Morgan fingerprint density at radius 1 is 0.800 bits per heavy atom. The molecule has 4 rings (SSSR count). The molecule has 3 aromatic rings. The van der Waals surface area contributed by atoms with E-state index in [4.69, 9.17) is 10.2 Å². The van der Waals surface area contributed by atoms with Crippen LogP contribution in [-0.2, 0) is 6.54 Å². The third-order valence-corrected chi connectivity index (χ3v) is 6.26. The highest BCUT2D eigenvalue weighted by Gasteiger charge is 2.22. The number of rotatable bonds is 3. The first-order valence-corrected chi connectivity index (χ1v) is 9.77. The van der Waals surface area contributed by atoms with Crippen molar-refractivity contribution in [3.63, 3.8) is 0 Å². The lowest BCUT2D eigenvalue weighted by atomic mass is 9.96. The first-order valence-electron chi connectivity index (χ1n) is 9.77. The lowest BCUT2D eigenvalue weighted by Gasteiger charge is -2.35. The van der Waals surface area contributed by atoms with Crippen LogP contribution in [-0.4, -0.2) is 31.1 Å². The van der Waals surface area contributed by atoms with Gasteiger partial charge in [0.2, 0.25) is 0 Å². The number of aryl methyl sites for hydroxylation is 2. The number of anilines is 2. The molecule has 30 heavy (non-hydrogen) atoms. The number of hydrogen-bond donors (Lipinski definition) is 1. The summed E-state index contributed by atoms with van der Waals surface area (Å²) in [6.07, 6.45) is 0. The van der Waals surface area contributed by atoms with Crippen LogP contribution in [0.3, 0.4) is 0 Å². The number of nitrogens with zero attached hydrogens (tertiary/aromatic N) is 2. The monoisotopic (exact) mass is 471 g/mol. The molecule has 1 aliphatic heterocycles. The van der Waals surface area contributed by atoms with Gasteiger partial charge in [-0.25, -0.2) is 0 Å². The molecule has 1 aliphatic rings. The SMILES string of the molecule is Cc1c(C)c(C)c2c(C)c(CN3CCN(c4ccccc4)CC3)oc2c1N.Cl.Cl.Cl. The van der Waals surface area contributed by atoms with Gasteiger partial charge in [0.05, 0.1) is 12.2 Å². The normalized spacial score (nSPS) is 14.1. The van der Waals surface area contributed by atoms with Crippen molar-refractivity contribution in [1.29, 1.82) is 0 Å². The van der Waals surface area contributed by atoms with E-state index in [0.717, 1.165) is 55.3 Å². The van der Waals surface area contributed by atoms with Crippen molar-refractivity contribution in [2.75, 3.05) is 36.8 Å². The van der Waals surface area contributed by atoms with Gasteiger partial charge in [0.15, 0.2) is 5.58 Å². The predicted octanol–water partition coefficient (Wildman–Crippen LogP) is 5.84. The van der Waals surface area contributed by atoms with Crippen LogP contribution >= 0.6 is 37.2 Å². The van der Waals surface area contributed by atoms with E-state index < -0.39 is 0 Å². The molecule has 2 N–H and O–H groups in total. The summed E-state index contributed by atoms with van der Waals surface area (Å²) in [6.45, 7) is 13.6. The molecule has 1 fully saturated rings. The predicted molar refractivity (Wildman–Crippen MR) is 135 cm³/mol. The molecule has 0 aliphatic carbocycles. The Bertz CT molecular complexity index is 981. The highest BCUT2D eigenvalue weighted by atomic mass is 35.5. The molecule has 4 nitrogen and oxygen atoms in total. The molecule has 2 heterocycles. The standard InChI is InChI=1S/C23H29N3O.3ClH/c1-15-16(2)21-18(4)20(27-23(21)22(24)17(15)3)14-25-10-12-26(13-11-25)19-8-6-5-7-9-19;;;/h5-9H,10-14,24H2,1-4H3;3*1H. The molecule has 7 heteroatoms. The summed E-state index contributed by atoms with van der Waals surface area (Å²) >= 11 is 0. The Morgan fingerprint density at radius 3 is 2.00 bits per heavy atom. The maximum absolute atomic E-state index is 6.37. The smallest absolute Gasteiger partial charge is 0.158 e. The molecule has 1 aromatic heterocycles. The number of furan rings is 1. The number of halogens is 3. The van der Waals surface area contributed by atoms with E-state index in [1.54, 1.807) is 0 Å². The van der Waals surface area contributed by atoms with Crippen molar-refractivity contribution < 1.29 is 4.42 Å². The number of nitrogen functional groups attached to an aromatic ring is 1. The second-order valence-corrected chi connectivity index (χ2v) is 7.74. The summed E-state index contributed by atoms with van der Waals surface area (Å²) < 4.78 is 6.28. The van der Waals surface area contributed by atoms with Crippen LogP contribution in [0.4, 0.5) is 11.4 Å². The lowest BCUT2D eigenvalue weighted by molar-refractivity contribution is 0.232. The minimum absolute atomic E-state index is 0. The fourth-order valence-electron chi connectivity index (χ4n) is 4.20. The Morgan fingerprint density at radius 2 is 1.40 bits per heavy atom. The Balaban J connectivity index is 0.00000150. The molecule has 0 bridgehead atoms. The van der Waals surface area contributed by atoms with Gasteiger partial charge >= 0.3 is 0 Å². The maximum atomic E-state index is 6.37. The number of nitrogens with two attached hydrogens (primary N) is 1. The molecular weight excluding hydrogens is 441 g/mol. The largest absolute Gasteiger partial charge is 0.457 e. The van der Waals surface area contributed by atoms with Gasteiger partial charge in [-0.2, -0.15) is 0 Å². The zero-order valence-electron chi connectivity index (χ0n) is 18.0. The van der Waals surface area contributed by atoms with Crippen molar-refractivity contribution in [1.82, 2.24) is 4.90 Å². The Kier molecular flexibility index (Phi) is 9.37. The molecular formula is C23H32Cl3N3O. The van der Waals surface area contributed by atoms with Crippen LogP contribution in [0.2, 0.25) is 0 Å². The topological polar surface area (TPSA) is 45.6 Å². The fourth-order valence-corrected chi connectivity index (χ4v) is 4.20. The van der Waals surface area contributed by atoms with Crippen LogP contribution < -0.4 is 10.6 Å². The van der Waals surface area contributed by atoms with Crippen molar-refractivity contribution >= 4 is 59.6 Å². The lowest BCUT2D eigenvalue weighted by Crippen LogP contribution is -2.45. The highest BCUT2D eigenvalue weighted by Crippen LogP contribution is 2.37. The number of piperazine rings is 1. The zero-order chi connectivity index (χ0) is 19.1. The molecule has 1 saturated heterocycles. The molecule has 0 saturated carbocycles. The summed E-state index contributed by atoms with van der Waals surface area (Å²) in [7, 11) is 0. The van der Waals surface area contributed by atoms with Gasteiger partial charge in [0.25, 0.3) is 0 Å². The molecule has 0 amide bonds. The Hall–Kier alpha value is -1.59. The Labute approximate surface area is 198 Å². The van der Waals surface area contributed by atoms with Gasteiger partial charge < -0.3 is 15.1 Å². The van der Waals surface area contributed by atoms with Crippen molar-refractivity contribution in [2.45, 2.75) is 34.2 Å². The maximum Gasteiger partial charge on any atom is 0.158 e. The highest BCUT2D eigenvalue weighted by molar-refractivity contribution is 5.96. The summed E-state index contributed by atoms with van der Waals surface area (Å²) in [5.74, 6) is 1.05. The van der Waals surface area contributed by atoms with E-state index >= 15 is 0 Å². The van der Waals surface area contributed by atoms with Crippen LogP contribution in [0.15, 0.2) is 34.7 Å². The van der Waals surface area contributed by atoms with Gasteiger partial charge in [0.1, 0.15) is 5.76 Å². The second kappa shape index (κ2) is 10.6. The summed E-state index contributed by atoms with van der Waals surface area (Å²) in [5, 5.41) is 1.20. The van der Waals surface area contributed by atoms with Crippen molar-refractivity contribution in [2.24, 2.45) is 0 Å². The second-order valence-electron chi connectivity index (χ2n) is 7.74. The first kappa shape index (κ1) is 26.4. The van der Waals surface area contributed by atoms with Gasteiger partial charge in [0, 0.05) is 42.8 Å². The van der Waals surface area contributed by atoms with E-state index in [-0.39, 0.29) is 37.2 Å². The van der Waals surface area contributed by atoms with Crippen LogP contribution in [0.25, 0.3) is 11.0 Å². The number of benzene rings is 2. The summed E-state index contributed by atoms with van der Waals surface area (Å²) in [4.78, 5) is 4.94. The van der Waals surface area contributed by atoms with E-state index in [1.165, 1.54) is 27.8 Å². The quantitative estimate of drug-likeness (QED) is 0.487. The number of para-hydroxylation sites is 1. The summed E-state index contributed by atoms with van der Waals surface area (Å²) in [6, 6.07) is 10.7. The third-order valence-electron chi connectivity index (χ3n) is 6.26. The third kappa shape index (κ3) is 4.67. The van der Waals surface area contributed by atoms with Crippen LogP contribution in [0.5, 0.6) is 0 Å². The number of fused-ring (bicyclic) bond motifs is 1. The molecule has 0 radical (unpaired) electrons. The molecule has 0 atom stereocenters. The minimum atomic E-state index is 0. The van der Waals surface area contributed by atoms with Gasteiger partial charge in [-0.1, -0.05) is 18.2 Å². The van der Waals surface area contributed by atoms with Crippen LogP contribution in [0.1, 0.15) is 28.0 Å². The zero-order valence-corrected chi connectivity index (χ0v) is 20.5. The number of hydrogen-bond acceptors (Lipinski definition) is 4. The van der Waals surface area contributed by atoms with Gasteiger partial charge in [-0.3, -0.25) is 4.90 Å².